The minimum absolute atomic E-state index is 0.431. The van der Waals surface area contributed by atoms with E-state index < -0.39 is 0 Å². The van der Waals surface area contributed by atoms with Gasteiger partial charge in [-0.3, -0.25) is 0 Å². The molecule has 5 heteroatoms. The van der Waals surface area contributed by atoms with Crippen LogP contribution >= 0.6 is 11.8 Å². The van der Waals surface area contributed by atoms with Gasteiger partial charge in [-0.2, -0.15) is 17.0 Å². The van der Waals surface area contributed by atoms with Gasteiger partial charge in [-0.05, 0) is 6.07 Å². The number of fused-ring (bicyclic) bond motifs is 1. The third-order valence-electron chi connectivity index (χ3n) is 3.07. The molecule has 0 unspecified atom stereocenters. The molecule has 1 fully saturated rings. The van der Waals surface area contributed by atoms with Crippen LogP contribution in [0.15, 0.2) is 24.3 Å². The number of aromatic nitrogens is 2. The molecular weight excluding hydrogens is 244 g/mol. The summed E-state index contributed by atoms with van der Waals surface area (Å²) >= 11 is 1.95. The van der Waals surface area contributed by atoms with Crippen LogP contribution in [0.25, 0.3) is 10.9 Å². The normalized spacial score (nSPS) is 15.6. The van der Waals surface area contributed by atoms with Gasteiger partial charge in [0.2, 0.25) is 0 Å². The Bertz CT molecular complexity index is 614. The number of nitrogens with zero attached hydrogens (tertiary/aromatic N) is 4. The van der Waals surface area contributed by atoms with Crippen LogP contribution in [-0.2, 0) is 0 Å². The lowest BCUT2D eigenvalue weighted by molar-refractivity contribution is 0.851. The average molecular weight is 256 g/mol. The van der Waals surface area contributed by atoms with Gasteiger partial charge in [0.05, 0.1) is 11.2 Å². The van der Waals surface area contributed by atoms with Crippen molar-refractivity contribution in [3.8, 4) is 6.07 Å². The van der Waals surface area contributed by atoms with E-state index in [2.05, 4.69) is 21.2 Å². The minimum atomic E-state index is 0.431. The van der Waals surface area contributed by atoms with Crippen LogP contribution in [0.1, 0.15) is 5.69 Å². The van der Waals surface area contributed by atoms with E-state index in [1.807, 2.05) is 36.0 Å². The third-order valence-corrected chi connectivity index (χ3v) is 4.02. The van der Waals surface area contributed by atoms with Crippen molar-refractivity contribution in [2.75, 3.05) is 29.5 Å². The molecule has 0 aliphatic carbocycles. The van der Waals surface area contributed by atoms with Crippen LogP contribution in [0, 0.1) is 11.3 Å². The molecule has 0 N–H and O–H groups in total. The van der Waals surface area contributed by atoms with Crippen molar-refractivity contribution in [1.29, 1.82) is 5.26 Å². The zero-order valence-electron chi connectivity index (χ0n) is 9.83. The Morgan fingerprint density at radius 1 is 1.17 bits per heavy atom. The average Bonchev–Trinajstić information content (AvgIpc) is 2.47. The van der Waals surface area contributed by atoms with Gasteiger partial charge in [0, 0.05) is 30.0 Å². The summed E-state index contributed by atoms with van der Waals surface area (Å²) in [5.74, 6) is 2.20. The summed E-state index contributed by atoms with van der Waals surface area (Å²) in [6.45, 7) is 1.93. The Morgan fingerprint density at radius 3 is 2.72 bits per heavy atom. The molecule has 0 bridgehead atoms. The SMILES string of the molecule is N#Cc1nnc2ccccc2c1N1CCSCC1. The van der Waals surface area contributed by atoms with Crippen LogP contribution in [0.2, 0.25) is 0 Å². The van der Waals surface area contributed by atoms with Crippen molar-refractivity contribution >= 4 is 28.4 Å². The summed E-state index contributed by atoms with van der Waals surface area (Å²) in [5, 5.41) is 18.4. The molecule has 0 spiro atoms. The fourth-order valence-corrected chi connectivity index (χ4v) is 3.13. The smallest absolute Gasteiger partial charge is 0.187 e. The van der Waals surface area contributed by atoms with Gasteiger partial charge in [-0.1, -0.05) is 18.2 Å². The zero-order valence-corrected chi connectivity index (χ0v) is 10.7. The van der Waals surface area contributed by atoms with Crippen molar-refractivity contribution in [3.05, 3.63) is 30.0 Å². The molecule has 0 amide bonds. The fraction of sp³-hybridized carbons (Fsp3) is 0.308. The molecule has 4 nitrogen and oxygen atoms in total. The summed E-state index contributed by atoms with van der Waals surface area (Å²) in [4.78, 5) is 2.26. The topological polar surface area (TPSA) is 52.8 Å². The van der Waals surface area contributed by atoms with E-state index in [9.17, 15) is 5.26 Å². The number of nitriles is 1. The highest BCUT2D eigenvalue weighted by atomic mass is 32.2. The van der Waals surface area contributed by atoms with E-state index in [0.29, 0.717) is 5.69 Å². The Labute approximate surface area is 110 Å². The first kappa shape index (κ1) is 11.3. The summed E-state index contributed by atoms with van der Waals surface area (Å²) < 4.78 is 0. The van der Waals surface area contributed by atoms with Gasteiger partial charge in [-0.15, -0.1) is 10.2 Å². The molecule has 3 rings (SSSR count). The molecule has 0 radical (unpaired) electrons. The maximum atomic E-state index is 9.22. The standard InChI is InChI=1S/C13H12N4S/c14-9-12-13(17-5-7-18-8-6-17)10-3-1-2-4-11(10)15-16-12/h1-4H,5-8H2. The summed E-state index contributed by atoms with van der Waals surface area (Å²) in [6.07, 6.45) is 0. The Morgan fingerprint density at radius 2 is 1.94 bits per heavy atom. The number of hydrogen-bond donors (Lipinski definition) is 0. The number of anilines is 1. The van der Waals surface area contributed by atoms with E-state index in [0.717, 1.165) is 41.2 Å². The van der Waals surface area contributed by atoms with Gasteiger partial charge < -0.3 is 4.90 Å². The molecule has 2 aromatic rings. The first-order chi connectivity index (χ1) is 8.90. The van der Waals surface area contributed by atoms with Gasteiger partial charge >= 0.3 is 0 Å². The molecule has 0 atom stereocenters. The second-order valence-corrected chi connectivity index (χ2v) is 5.35. The van der Waals surface area contributed by atoms with Crippen molar-refractivity contribution in [2.24, 2.45) is 0 Å². The van der Waals surface area contributed by atoms with Gasteiger partial charge in [0.1, 0.15) is 6.07 Å². The molecule has 1 aliphatic heterocycles. The molecule has 18 heavy (non-hydrogen) atoms. The minimum Gasteiger partial charge on any atom is -0.367 e. The lowest BCUT2D eigenvalue weighted by atomic mass is 10.1. The summed E-state index contributed by atoms with van der Waals surface area (Å²) in [5.41, 5.74) is 2.23. The Balaban J connectivity index is 2.20. The highest BCUT2D eigenvalue weighted by Crippen LogP contribution is 2.29. The van der Waals surface area contributed by atoms with Gasteiger partial charge in [0.15, 0.2) is 5.69 Å². The largest absolute Gasteiger partial charge is 0.367 e. The van der Waals surface area contributed by atoms with Crippen LogP contribution in [0.4, 0.5) is 5.69 Å². The van der Waals surface area contributed by atoms with E-state index in [4.69, 9.17) is 0 Å². The Hall–Kier alpha value is -1.80. The molecular formula is C13H12N4S. The second-order valence-electron chi connectivity index (χ2n) is 4.13. The second kappa shape index (κ2) is 4.83. The van der Waals surface area contributed by atoms with Crippen LogP contribution in [0.5, 0.6) is 0 Å². The summed E-state index contributed by atoms with van der Waals surface area (Å²) in [6, 6.07) is 10.0. The van der Waals surface area contributed by atoms with E-state index in [1.54, 1.807) is 0 Å². The van der Waals surface area contributed by atoms with Crippen molar-refractivity contribution in [2.45, 2.75) is 0 Å². The number of hydrogen-bond acceptors (Lipinski definition) is 5. The molecule has 1 aromatic carbocycles. The summed E-state index contributed by atoms with van der Waals surface area (Å²) in [7, 11) is 0. The molecule has 90 valence electrons. The van der Waals surface area contributed by atoms with Crippen molar-refractivity contribution in [3.63, 3.8) is 0 Å². The predicted octanol–water partition coefficient (Wildman–Crippen LogP) is 2.05. The van der Waals surface area contributed by atoms with Crippen LogP contribution in [-0.4, -0.2) is 34.8 Å². The Kier molecular flexibility index (Phi) is 3.03. The monoisotopic (exact) mass is 256 g/mol. The van der Waals surface area contributed by atoms with E-state index in [-0.39, 0.29) is 0 Å². The number of benzene rings is 1. The zero-order chi connectivity index (χ0) is 12.4. The predicted molar refractivity (Wildman–Crippen MR) is 73.8 cm³/mol. The lowest BCUT2D eigenvalue weighted by Crippen LogP contribution is -2.33. The van der Waals surface area contributed by atoms with Crippen LogP contribution in [0.3, 0.4) is 0 Å². The first-order valence-electron chi connectivity index (χ1n) is 5.88. The first-order valence-corrected chi connectivity index (χ1v) is 7.04. The molecule has 1 saturated heterocycles. The van der Waals surface area contributed by atoms with E-state index in [1.165, 1.54) is 0 Å². The molecule has 0 saturated carbocycles. The molecule has 2 heterocycles. The van der Waals surface area contributed by atoms with E-state index >= 15 is 0 Å². The maximum Gasteiger partial charge on any atom is 0.187 e. The van der Waals surface area contributed by atoms with Crippen LogP contribution < -0.4 is 4.90 Å². The fourth-order valence-electron chi connectivity index (χ4n) is 2.22. The number of rotatable bonds is 1. The maximum absolute atomic E-state index is 9.22. The van der Waals surface area contributed by atoms with Gasteiger partial charge in [0.25, 0.3) is 0 Å². The van der Waals surface area contributed by atoms with Gasteiger partial charge in [-0.25, -0.2) is 0 Å². The van der Waals surface area contributed by atoms with Crippen molar-refractivity contribution in [1.82, 2.24) is 10.2 Å². The van der Waals surface area contributed by atoms with Crippen molar-refractivity contribution < 1.29 is 0 Å². The third kappa shape index (κ3) is 1.89. The molecule has 1 aromatic heterocycles. The quantitative estimate of drug-likeness (QED) is 0.781. The molecule has 1 aliphatic rings. The highest BCUT2D eigenvalue weighted by Gasteiger charge is 2.19. The number of thioether (sulfide) groups is 1. The highest BCUT2D eigenvalue weighted by molar-refractivity contribution is 7.99. The lowest BCUT2D eigenvalue weighted by Gasteiger charge is -2.29.